The number of benzene rings is 2. The van der Waals surface area contributed by atoms with Crippen LogP contribution in [0.25, 0.3) is 10.4 Å². The summed E-state index contributed by atoms with van der Waals surface area (Å²) < 4.78 is 11.0. The van der Waals surface area contributed by atoms with E-state index in [9.17, 15) is 5.11 Å². The smallest absolute Gasteiger partial charge is 0.240 e. The highest BCUT2D eigenvalue weighted by atomic mass is 32.1. The Morgan fingerprint density at radius 1 is 1.07 bits per heavy atom. The zero-order chi connectivity index (χ0) is 20.1. The third-order valence-corrected chi connectivity index (χ3v) is 5.12. The molecule has 5 nitrogen and oxygen atoms in total. The molecule has 0 radical (unpaired) electrons. The molecule has 0 fully saturated rings. The van der Waals surface area contributed by atoms with Crippen molar-refractivity contribution < 1.29 is 14.6 Å². The number of ether oxygens (including phenoxy) is 2. The molecule has 0 spiro atoms. The number of thiazole rings is 1. The van der Waals surface area contributed by atoms with Crippen molar-refractivity contribution in [3.8, 4) is 16.2 Å². The van der Waals surface area contributed by atoms with Gasteiger partial charge in [0.15, 0.2) is 5.13 Å². The van der Waals surface area contributed by atoms with E-state index in [1.165, 1.54) is 11.3 Å². The Hall–Kier alpha value is -2.41. The molecule has 6 heteroatoms. The molecule has 28 heavy (non-hydrogen) atoms. The van der Waals surface area contributed by atoms with Gasteiger partial charge >= 0.3 is 0 Å². The maximum atomic E-state index is 10.8. The number of rotatable bonds is 7. The van der Waals surface area contributed by atoms with Gasteiger partial charge in [0, 0.05) is 12.7 Å². The molecule has 0 saturated heterocycles. The van der Waals surface area contributed by atoms with E-state index in [-0.39, 0.29) is 0 Å². The molecule has 0 aliphatic rings. The van der Waals surface area contributed by atoms with E-state index < -0.39 is 12.0 Å². The lowest BCUT2D eigenvalue weighted by Gasteiger charge is -2.32. The van der Waals surface area contributed by atoms with Gasteiger partial charge in [0.25, 0.3) is 0 Å². The first-order valence-electron chi connectivity index (χ1n) is 9.12. The average Bonchev–Trinajstić information content (AvgIpc) is 3.15. The molecule has 3 rings (SSSR count). The molecule has 1 heterocycles. The van der Waals surface area contributed by atoms with Crippen molar-refractivity contribution in [1.29, 1.82) is 0 Å². The molecule has 3 aromatic rings. The SMILES string of the molecule is COc1ccc(CN(c2ncc(-c3ccccc3)s2)C(O)OC(C)(C)C)cc1. The van der Waals surface area contributed by atoms with Gasteiger partial charge in [0.1, 0.15) is 5.75 Å². The maximum absolute atomic E-state index is 10.8. The molecule has 1 N–H and O–H groups in total. The number of aliphatic hydroxyl groups excluding tert-OH is 1. The minimum Gasteiger partial charge on any atom is -0.497 e. The largest absolute Gasteiger partial charge is 0.497 e. The molecule has 0 saturated carbocycles. The Morgan fingerprint density at radius 3 is 2.36 bits per heavy atom. The molecule has 0 bridgehead atoms. The van der Waals surface area contributed by atoms with Gasteiger partial charge in [-0.2, -0.15) is 0 Å². The molecule has 148 valence electrons. The Balaban J connectivity index is 1.88. The fourth-order valence-electron chi connectivity index (χ4n) is 2.68. The second-order valence-corrected chi connectivity index (χ2v) is 8.41. The number of anilines is 1. The van der Waals surface area contributed by atoms with E-state index in [2.05, 4.69) is 4.98 Å². The van der Waals surface area contributed by atoms with Crippen LogP contribution in [-0.2, 0) is 11.3 Å². The summed E-state index contributed by atoms with van der Waals surface area (Å²) in [6.07, 6.45) is 0.719. The Labute approximate surface area is 170 Å². The first kappa shape index (κ1) is 20.3. The molecular formula is C22H26N2O3S. The number of aliphatic hydroxyl groups is 1. The topological polar surface area (TPSA) is 54.8 Å². The molecule has 1 unspecified atom stereocenters. The second kappa shape index (κ2) is 8.73. The van der Waals surface area contributed by atoms with Crippen molar-refractivity contribution in [2.75, 3.05) is 12.0 Å². The third-order valence-electron chi connectivity index (χ3n) is 4.04. The predicted molar refractivity (Wildman–Crippen MR) is 114 cm³/mol. The summed E-state index contributed by atoms with van der Waals surface area (Å²) in [5.41, 5.74) is 1.63. The van der Waals surface area contributed by atoms with Crippen molar-refractivity contribution in [1.82, 2.24) is 4.98 Å². The van der Waals surface area contributed by atoms with Crippen LogP contribution in [0.4, 0.5) is 5.13 Å². The summed E-state index contributed by atoms with van der Waals surface area (Å²) in [5.74, 6) is 0.794. The highest BCUT2D eigenvalue weighted by Crippen LogP contribution is 2.33. The van der Waals surface area contributed by atoms with Crippen molar-refractivity contribution in [3.63, 3.8) is 0 Å². The van der Waals surface area contributed by atoms with Crippen LogP contribution in [0.2, 0.25) is 0 Å². The van der Waals surface area contributed by atoms with Crippen LogP contribution >= 0.6 is 11.3 Å². The molecule has 0 aliphatic heterocycles. The van der Waals surface area contributed by atoms with Crippen molar-refractivity contribution in [3.05, 3.63) is 66.4 Å². The summed E-state index contributed by atoms with van der Waals surface area (Å²) in [6, 6.07) is 17.8. The van der Waals surface area contributed by atoms with Crippen LogP contribution in [-0.4, -0.2) is 29.2 Å². The number of methoxy groups -OCH3 is 1. The van der Waals surface area contributed by atoms with Crippen LogP contribution in [0.1, 0.15) is 26.3 Å². The van der Waals surface area contributed by atoms with E-state index in [0.29, 0.717) is 11.7 Å². The minimum absolute atomic E-state index is 0.461. The van der Waals surface area contributed by atoms with Crippen molar-refractivity contribution in [2.45, 2.75) is 39.3 Å². The summed E-state index contributed by atoms with van der Waals surface area (Å²) in [7, 11) is 1.64. The Bertz CT molecular complexity index is 873. The summed E-state index contributed by atoms with van der Waals surface area (Å²) in [6.45, 7) is 6.21. The normalized spacial score (nSPS) is 12.6. The molecule has 0 aliphatic carbocycles. The number of aromatic nitrogens is 1. The van der Waals surface area contributed by atoms with Gasteiger partial charge in [-0.3, -0.25) is 4.90 Å². The predicted octanol–water partition coefficient (Wildman–Crippen LogP) is 4.92. The highest BCUT2D eigenvalue weighted by Gasteiger charge is 2.25. The second-order valence-electron chi connectivity index (χ2n) is 7.41. The van der Waals surface area contributed by atoms with Crippen LogP contribution in [0.5, 0.6) is 5.75 Å². The third kappa shape index (κ3) is 5.32. The maximum Gasteiger partial charge on any atom is 0.240 e. The molecule has 1 atom stereocenters. The van der Waals surface area contributed by atoms with Gasteiger partial charge in [0.2, 0.25) is 6.41 Å². The van der Waals surface area contributed by atoms with Crippen molar-refractivity contribution in [2.24, 2.45) is 0 Å². The van der Waals surface area contributed by atoms with Gasteiger partial charge in [0.05, 0.1) is 17.6 Å². The van der Waals surface area contributed by atoms with E-state index in [0.717, 1.165) is 21.8 Å². The van der Waals surface area contributed by atoms with Gasteiger partial charge < -0.3 is 14.6 Å². The average molecular weight is 399 g/mol. The van der Waals surface area contributed by atoms with Crippen LogP contribution < -0.4 is 9.64 Å². The van der Waals surface area contributed by atoms with E-state index in [4.69, 9.17) is 9.47 Å². The summed E-state index contributed by atoms with van der Waals surface area (Å²) in [5, 5.41) is 11.5. The first-order valence-corrected chi connectivity index (χ1v) is 9.94. The first-order chi connectivity index (χ1) is 13.4. The van der Waals surface area contributed by atoms with E-state index >= 15 is 0 Å². The fraction of sp³-hybridized carbons (Fsp3) is 0.318. The molecule has 1 aromatic heterocycles. The zero-order valence-corrected chi connectivity index (χ0v) is 17.4. The molecule has 2 aromatic carbocycles. The summed E-state index contributed by atoms with van der Waals surface area (Å²) >= 11 is 1.53. The van der Waals surface area contributed by atoms with Gasteiger partial charge in [-0.1, -0.05) is 53.8 Å². The lowest BCUT2D eigenvalue weighted by molar-refractivity contribution is -0.165. The fourth-order valence-corrected chi connectivity index (χ4v) is 3.61. The van der Waals surface area contributed by atoms with Crippen LogP contribution in [0.15, 0.2) is 60.8 Å². The minimum atomic E-state index is -1.11. The standard InChI is InChI=1S/C22H26N2O3S/c1-22(2,3)27-21(25)24(15-16-10-12-18(26-4)13-11-16)20-23-14-19(28-20)17-8-6-5-7-9-17/h5-14,21,25H,15H2,1-4H3. The van der Waals surface area contributed by atoms with E-state index in [1.807, 2.05) is 81.6 Å². The zero-order valence-electron chi connectivity index (χ0n) is 16.6. The summed E-state index contributed by atoms with van der Waals surface area (Å²) in [4.78, 5) is 7.36. The lowest BCUT2D eigenvalue weighted by atomic mass is 10.2. The van der Waals surface area contributed by atoms with Crippen LogP contribution in [0, 0.1) is 0 Å². The van der Waals surface area contributed by atoms with Gasteiger partial charge in [-0.25, -0.2) is 4.98 Å². The number of hydrogen-bond acceptors (Lipinski definition) is 6. The van der Waals surface area contributed by atoms with Crippen LogP contribution in [0.3, 0.4) is 0 Å². The van der Waals surface area contributed by atoms with E-state index in [1.54, 1.807) is 12.0 Å². The monoisotopic (exact) mass is 398 g/mol. The lowest BCUT2D eigenvalue weighted by Crippen LogP contribution is -2.41. The van der Waals surface area contributed by atoms with Gasteiger partial charge in [-0.15, -0.1) is 0 Å². The quantitative estimate of drug-likeness (QED) is 0.573. The Kier molecular flexibility index (Phi) is 6.34. The van der Waals surface area contributed by atoms with Crippen molar-refractivity contribution >= 4 is 16.5 Å². The number of hydrogen-bond donors (Lipinski definition) is 1. The highest BCUT2D eigenvalue weighted by molar-refractivity contribution is 7.18. The Morgan fingerprint density at radius 2 is 1.75 bits per heavy atom. The molecule has 0 amide bonds. The molecular weight excluding hydrogens is 372 g/mol. The number of nitrogens with zero attached hydrogens (tertiary/aromatic N) is 2. The van der Waals surface area contributed by atoms with Gasteiger partial charge in [-0.05, 0) is 44.0 Å².